The van der Waals surface area contributed by atoms with Gasteiger partial charge in [-0.15, -0.1) is 0 Å². The predicted octanol–water partition coefficient (Wildman–Crippen LogP) is 6.15. The fourth-order valence-electron chi connectivity index (χ4n) is 3.67. The molecule has 0 saturated carbocycles. The second-order valence-corrected chi connectivity index (χ2v) is 10.8. The van der Waals surface area contributed by atoms with Gasteiger partial charge in [0.25, 0.3) is 11.8 Å². The van der Waals surface area contributed by atoms with Crippen molar-refractivity contribution in [2.75, 3.05) is 7.11 Å². The molecule has 0 unspecified atom stereocenters. The lowest BCUT2D eigenvalue weighted by Crippen LogP contribution is -2.41. The van der Waals surface area contributed by atoms with Gasteiger partial charge in [0.1, 0.15) is 11.9 Å². The zero-order valence-corrected chi connectivity index (χ0v) is 21.7. The third-order valence-electron chi connectivity index (χ3n) is 6.03. The zero-order chi connectivity index (χ0) is 25.8. The predicted molar refractivity (Wildman–Crippen MR) is 141 cm³/mol. The molecule has 0 bridgehead atoms. The van der Waals surface area contributed by atoms with Gasteiger partial charge in [0.15, 0.2) is 0 Å². The number of rotatable bonds is 6. The van der Waals surface area contributed by atoms with Gasteiger partial charge in [0.2, 0.25) is 0 Å². The molecule has 0 heterocycles. The third kappa shape index (κ3) is 6.72. The van der Waals surface area contributed by atoms with E-state index in [1.807, 2.05) is 60.7 Å². The van der Waals surface area contributed by atoms with E-state index in [-0.39, 0.29) is 22.6 Å². The van der Waals surface area contributed by atoms with E-state index in [1.54, 1.807) is 19.2 Å². The van der Waals surface area contributed by atoms with Crippen molar-refractivity contribution in [2.45, 2.75) is 58.5 Å². The Morgan fingerprint density at radius 2 is 1.00 bits per heavy atom. The zero-order valence-electron chi connectivity index (χ0n) is 21.7. The fourth-order valence-corrected chi connectivity index (χ4v) is 3.67. The lowest BCUT2D eigenvalue weighted by Gasteiger charge is -2.23. The van der Waals surface area contributed by atoms with Crippen molar-refractivity contribution in [2.24, 2.45) is 0 Å². The minimum atomic E-state index is -0.717. The summed E-state index contributed by atoms with van der Waals surface area (Å²) in [5.74, 6) is 0.157. The molecular formula is C30H36N2O3. The van der Waals surface area contributed by atoms with Crippen molar-refractivity contribution in [1.82, 2.24) is 10.6 Å². The van der Waals surface area contributed by atoms with Crippen molar-refractivity contribution >= 4 is 11.8 Å². The molecule has 0 spiro atoms. The Morgan fingerprint density at radius 3 is 1.31 bits per heavy atom. The van der Waals surface area contributed by atoms with E-state index in [0.29, 0.717) is 16.9 Å². The topological polar surface area (TPSA) is 67.4 Å². The number of carbonyl (C=O) groups excluding carboxylic acids is 2. The van der Waals surface area contributed by atoms with Gasteiger partial charge in [-0.3, -0.25) is 9.59 Å². The highest BCUT2D eigenvalue weighted by molar-refractivity contribution is 5.97. The number of benzene rings is 3. The Bertz CT molecular complexity index is 1080. The van der Waals surface area contributed by atoms with Gasteiger partial charge in [0.05, 0.1) is 7.11 Å². The number of hydrogen-bond acceptors (Lipinski definition) is 3. The van der Waals surface area contributed by atoms with Gasteiger partial charge in [-0.1, -0.05) is 77.9 Å². The molecule has 0 radical (unpaired) electrons. The second-order valence-electron chi connectivity index (χ2n) is 10.8. The van der Waals surface area contributed by atoms with Crippen molar-refractivity contribution in [3.8, 4) is 5.75 Å². The standard InChI is InChI=1S/C30H36N2O3/c1-29(2,3)23-14-8-21(9-15-23)27(33)31-26(20-12-18-25(35-7)19-13-20)32-28(34)22-10-16-24(17-11-22)30(4,5)6/h8-19,26H,1-7H3,(H,31,33)(H,32,34). The van der Waals surface area contributed by atoms with Crippen LogP contribution in [0.25, 0.3) is 0 Å². The van der Waals surface area contributed by atoms with Crippen LogP contribution in [0.3, 0.4) is 0 Å². The van der Waals surface area contributed by atoms with Crippen LogP contribution in [-0.2, 0) is 10.8 Å². The van der Waals surface area contributed by atoms with E-state index in [2.05, 4.69) is 52.2 Å². The first-order chi connectivity index (χ1) is 16.4. The number of methoxy groups -OCH3 is 1. The minimum absolute atomic E-state index is 0.00283. The summed E-state index contributed by atoms with van der Waals surface area (Å²) in [5, 5.41) is 5.94. The van der Waals surface area contributed by atoms with E-state index < -0.39 is 6.17 Å². The summed E-state index contributed by atoms with van der Waals surface area (Å²) in [7, 11) is 1.60. The van der Waals surface area contributed by atoms with Crippen LogP contribution in [0.4, 0.5) is 0 Å². The SMILES string of the molecule is COc1ccc(C(NC(=O)c2ccc(C(C)(C)C)cc2)NC(=O)c2ccc(C(C)(C)C)cc2)cc1. The summed E-state index contributed by atoms with van der Waals surface area (Å²) in [6.07, 6.45) is -0.717. The molecular weight excluding hydrogens is 436 g/mol. The number of carbonyl (C=O) groups is 2. The molecule has 2 amide bonds. The minimum Gasteiger partial charge on any atom is -0.497 e. The van der Waals surface area contributed by atoms with Crippen LogP contribution in [0.2, 0.25) is 0 Å². The highest BCUT2D eigenvalue weighted by Crippen LogP contribution is 2.24. The number of hydrogen-bond donors (Lipinski definition) is 2. The van der Waals surface area contributed by atoms with Crippen molar-refractivity contribution in [1.29, 1.82) is 0 Å². The van der Waals surface area contributed by atoms with Crippen molar-refractivity contribution < 1.29 is 14.3 Å². The van der Waals surface area contributed by atoms with Crippen LogP contribution in [-0.4, -0.2) is 18.9 Å². The van der Waals surface area contributed by atoms with Gasteiger partial charge in [-0.05, 0) is 63.9 Å². The van der Waals surface area contributed by atoms with Crippen LogP contribution < -0.4 is 15.4 Å². The average Bonchev–Trinajstić information content (AvgIpc) is 2.82. The van der Waals surface area contributed by atoms with Crippen LogP contribution in [0.15, 0.2) is 72.8 Å². The number of amides is 2. The van der Waals surface area contributed by atoms with Crippen LogP contribution >= 0.6 is 0 Å². The molecule has 184 valence electrons. The molecule has 0 aliphatic rings. The third-order valence-corrected chi connectivity index (χ3v) is 6.03. The molecule has 3 rings (SSSR count). The summed E-state index contributed by atoms with van der Waals surface area (Å²) < 4.78 is 5.25. The number of nitrogens with one attached hydrogen (secondary N) is 2. The lowest BCUT2D eigenvalue weighted by atomic mass is 9.86. The molecule has 0 saturated heterocycles. The largest absolute Gasteiger partial charge is 0.497 e. The molecule has 5 nitrogen and oxygen atoms in total. The molecule has 35 heavy (non-hydrogen) atoms. The van der Waals surface area contributed by atoms with E-state index in [1.165, 1.54) is 0 Å². The molecule has 0 aliphatic carbocycles. The van der Waals surface area contributed by atoms with E-state index in [9.17, 15) is 9.59 Å². The summed E-state index contributed by atoms with van der Waals surface area (Å²) >= 11 is 0. The Labute approximate surface area is 208 Å². The van der Waals surface area contributed by atoms with Gasteiger partial charge in [-0.2, -0.15) is 0 Å². The van der Waals surface area contributed by atoms with E-state index >= 15 is 0 Å². The maximum atomic E-state index is 13.1. The van der Waals surface area contributed by atoms with E-state index in [4.69, 9.17) is 4.74 Å². The normalized spacial score (nSPS) is 11.8. The van der Waals surface area contributed by atoms with Crippen molar-refractivity contribution in [3.63, 3.8) is 0 Å². The second kappa shape index (κ2) is 10.3. The van der Waals surface area contributed by atoms with Gasteiger partial charge >= 0.3 is 0 Å². The Hall–Kier alpha value is -3.60. The quantitative estimate of drug-likeness (QED) is 0.423. The van der Waals surface area contributed by atoms with Crippen LogP contribution in [0.1, 0.15) is 85.1 Å². The van der Waals surface area contributed by atoms with Crippen LogP contribution in [0.5, 0.6) is 5.75 Å². The Kier molecular flexibility index (Phi) is 7.69. The summed E-state index contributed by atoms with van der Waals surface area (Å²) in [6, 6.07) is 22.4. The molecule has 0 aromatic heterocycles. The summed E-state index contributed by atoms with van der Waals surface area (Å²) in [4.78, 5) is 26.2. The van der Waals surface area contributed by atoms with Gasteiger partial charge < -0.3 is 15.4 Å². The maximum Gasteiger partial charge on any atom is 0.253 e. The molecule has 3 aromatic carbocycles. The highest BCUT2D eigenvalue weighted by Gasteiger charge is 2.21. The lowest BCUT2D eigenvalue weighted by molar-refractivity contribution is 0.0883. The first-order valence-corrected chi connectivity index (χ1v) is 11.9. The maximum absolute atomic E-state index is 13.1. The van der Waals surface area contributed by atoms with Crippen molar-refractivity contribution in [3.05, 3.63) is 101 Å². The van der Waals surface area contributed by atoms with Crippen LogP contribution in [0, 0.1) is 0 Å². The molecule has 0 atom stereocenters. The molecule has 0 fully saturated rings. The molecule has 0 aliphatic heterocycles. The summed E-state index contributed by atoms with van der Waals surface area (Å²) in [6.45, 7) is 12.8. The highest BCUT2D eigenvalue weighted by atomic mass is 16.5. The smallest absolute Gasteiger partial charge is 0.253 e. The molecule has 2 N–H and O–H groups in total. The number of ether oxygens (including phenoxy) is 1. The van der Waals surface area contributed by atoms with Gasteiger partial charge in [-0.25, -0.2) is 0 Å². The average molecular weight is 473 g/mol. The van der Waals surface area contributed by atoms with Gasteiger partial charge in [0, 0.05) is 11.1 Å². The Morgan fingerprint density at radius 1 is 0.629 bits per heavy atom. The van der Waals surface area contributed by atoms with E-state index in [0.717, 1.165) is 16.7 Å². The summed E-state index contributed by atoms with van der Waals surface area (Å²) in [5.41, 5.74) is 4.08. The molecule has 5 heteroatoms. The first kappa shape index (κ1) is 26.0. The Balaban J connectivity index is 1.83. The fraction of sp³-hybridized carbons (Fsp3) is 0.333. The molecule has 3 aromatic rings. The first-order valence-electron chi connectivity index (χ1n) is 11.9. The monoisotopic (exact) mass is 472 g/mol.